The van der Waals surface area contributed by atoms with Crippen molar-refractivity contribution in [1.82, 2.24) is 0 Å². The first kappa shape index (κ1) is 10.6. The average molecular weight is 228 g/mol. The minimum atomic E-state index is -0.0581. The van der Waals surface area contributed by atoms with Crippen LogP contribution in [-0.4, -0.2) is 13.1 Å². The van der Waals surface area contributed by atoms with E-state index in [9.17, 15) is 4.79 Å². The largest absolute Gasteiger partial charge is 0.469 e. The van der Waals surface area contributed by atoms with Gasteiger partial charge in [0.1, 0.15) is 0 Å². The zero-order valence-electron chi connectivity index (χ0n) is 9.98. The van der Waals surface area contributed by atoms with E-state index in [1.807, 2.05) is 0 Å². The number of fused-ring (bicyclic) bond motifs is 3. The lowest BCUT2D eigenvalue weighted by Gasteiger charge is -2.27. The van der Waals surface area contributed by atoms with Crippen LogP contribution in [0.5, 0.6) is 0 Å². The van der Waals surface area contributed by atoms with E-state index >= 15 is 0 Å². The molecule has 0 saturated carbocycles. The lowest BCUT2D eigenvalue weighted by Crippen LogP contribution is -2.25. The highest BCUT2D eigenvalue weighted by atomic mass is 16.5. The number of allylic oxidation sites excluding steroid dienone is 2. The third kappa shape index (κ3) is 1.59. The summed E-state index contributed by atoms with van der Waals surface area (Å²) in [6.45, 7) is 0. The highest BCUT2D eigenvalue weighted by Crippen LogP contribution is 2.46. The molecule has 0 amide bonds. The summed E-state index contributed by atoms with van der Waals surface area (Å²) in [5.74, 6) is 0.230. The summed E-state index contributed by atoms with van der Waals surface area (Å²) in [5.41, 5.74) is 4.11. The van der Waals surface area contributed by atoms with E-state index in [2.05, 4.69) is 30.3 Å². The summed E-state index contributed by atoms with van der Waals surface area (Å²) >= 11 is 0. The van der Waals surface area contributed by atoms with Crippen molar-refractivity contribution in [2.75, 3.05) is 7.11 Å². The van der Waals surface area contributed by atoms with Crippen LogP contribution in [0, 0.1) is 5.92 Å². The van der Waals surface area contributed by atoms with E-state index < -0.39 is 0 Å². The normalized spacial score (nSPS) is 25.8. The number of hydrogen-bond donors (Lipinski definition) is 0. The number of rotatable bonds is 1. The summed E-state index contributed by atoms with van der Waals surface area (Å²) in [4.78, 5) is 11.9. The number of carbonyl (C=O) groups is 1. The number of ether oxygens (including phenoxy) is 1. The van der Waals surface area contributed by atoms with Crippen LogP contribution in [0.3, 0.4) is 0 Å². The molecule has 2 atom stereocenters. The minimum Gasteiger partial charge on any atom is -0.469 e. The number of esters is 1. The Morgan fingerprint density at radius 3 is 3.00 bits per heavy atom. The molecule has 0 radical (unpaired) electrons. The van der Waals surface area contributed by atoms with Crippen molar-refractivity contribution in [2.45, 2.75) is 25.2 Å². The maximum absolute atomic E-state index is 11.9. The van der Waals surface area contributed by atoms with Crippen LogP contribution in [0.4, 0.5) is 0 Å². The molecule has 0 fully saturated rings. The Hall–Kier alpha value is -1.57. The van der Waals surface area contributed by atoms with Gasteiger partial charge in [0, 0.05) is 5.92 Å². The Morgan fingerprint density at radius 2 is 2.18 bits per heavy atom. The van der Waals surface area contributed by atoms with Crippen molar-refractivity contribution < 1.29 is 9.53 Å². The fourth-order valence-corrected chi connectivity index (χ4v) is 3.22. The van der Waals surface area contributed by atoms with Crippen molar-refractivity contribution in [2.24, 2.45) is 5.92 Å². The summed E-state index contributed by atoms with van der Waals surface area (Å²) in [6, 6.07) is 8.46. The second-order valence-electron chi connectivity index (χ2n) is 4.84. The molecular formula is C15H16O2. The van der Waals surface area contributed by atoms with Crippen molar-refractivity contribution in [3.05, 3.63) is 47.0 Å². The summed E-state index contributed by atoms with van der Waals surface area (Å²) in [5, 5.41) is 0. The number of hydrogen-bond acceptors (Lipinski definition) is 2. The van der Waals surface area contributed by atoms with Crippen LogP contribution in [0.15, 0.2) is 35.9 Å². The van der Waals surface area contributed by atoms with Gasteiger partial charge in [-0.15, -0.1) is 0 Å². The molecule has 0 bridgehead atoms. The number of benzene rings is 1. The molecule has 2 aliphatic carbocycles. The standard InChI is InChI=1S/C15H16O2/c1-17-15(16)13-8-4-6-11-9-10-5-2-3-7-12(10)14(11)13/h2-3,5-7,13-14H,4,8-9H2,1H3/t13?,14-/m0/s1. The van der Waals surface area contributed by atoms with Crippen molar-refractivity contribution in [3.63, 3.8) is 0 Å². The van der Waals surface area contributed by atoms with Gasteiger partial charge in [-0.05, 0) is 30.4 Å². The summed E-state index contributed by atoms with van der Waals surface area (Å²) < 4.78 is 4.95. The molecule has 17 heavy (non-hydrogen) atoms. The molecular weight excluding hydrogens is 212 g/mol. The van der Waals surface area contributed by atoms with Gasteiger partial charge in [-0.3, -0.25) is 4.79 Å². The summed E-state index contributed by atoms with van der Waals surface area (Å²) in [7, 11) is 1.49. The van der Waals surface area contributed by atoms with Crippen LogP contribution >= 0.6 is 0 Å². The Bertz CT molecular complexity index is 487. The van der Waals surface area contributed by atoms with Crippen LogP contribution < -0.4 is 0 Å². The van der Waals surface area contributed by atoms with Gasteiger partial charge in [0.2, 0.25) is 0 Å². The second kappa shape index (κ2) is 4.02. The van der Waals surface area contributed by atoms with Gasteiger partial charge in [-0.2, -0.15) is 0 Å². The molecule has 2 heteroatoms. The van der Waals surface area contributed by atoms with E-state index in [0.29, 0.717) is 0 Å². The summed E-state index contributed by atoms with van der Waals surface area (Å²) in [6.07, 6.45) is 5.23. The fourth-order valence-electron chi connectivity index (χ4n) is 3.22. The predicted molar refractivity (Wildman–Crippen MR) is 65.7 cm³/mol. The van der Waals surface area contributed by atoms with Crippen molar-refractivity contribution >= 4 is 5.97 Å². The lowest BCUT2D eigenvalue weighted by atomic mass is 9.78. The van der Waals surface area contributed by atoms with Crippen molar-refractivity contribution in [1.29, 1.82) is 0 Å². The molecule has 0 N–H and O–H groups in total. The molecule has 0 saturated heterocycles. The second-order valence-corrected chi connectivity index (χ2v) is 4.84. The number of carbonyl (C=O) groups excluding carboxylic acids is 1. The maximum Gasteiger partial charge on any atom is 0.309 e. The molecule has 88 valence electrons. The van der Waals surface area contributed by atoms with Crippen LogP contribution in [-0.2, 0) is 16.0 Å². The molecule has 2 aliphatic rings. The zero-order valence-corrected chi connectivity index (χ0v) is 9.98. The predicted octanol–water partition coefficient (Wildman–Crippen LogP) is 2.84. The van der Waals surface area contributed by atoms with Crippen LogP contribution in [0.2, 0.25) is 0 Å². The molecule has 1 aromatic rings. The van der Waals surface area contributed by atoms with E-state index in [1.165, 1.54) is 23.8 Å². The molecule has 1 aromatic carbocycles. The monoisotopic (exact) mass is 228 g/mol. The first-order valence-corrected chi connectivity index (χ1v) is 6.16. The molecule has 0 aromatic heterocycles. The number of methoxy groups -OCH3 is 1. The zero-order chi connectivity index (χ0) is 11.8. The topological polar surface area (TPSA) is 26.3 Å². The first-order chi connectivity index (χ1) is 8.31. The Labute approximate surface area is 101 Å². The molecule has 0 aliphatic heterocycles. The Morgan fingerprint density at radius 1 is 1.35 bits per heavy atom. The van der Waals surface area contributed by atoms with Gasteiger partial charge in [0.05, 0.1) is 13.0 Å². The first-order valence-electron chi connectivity index (χ1n) is 6.16. The SMILES string of the molecule is COC(=O)C1CCC=C2Cc3ccccc3[C@H]21. The highest BCUT2D eigenvalue weighted by Gasteiger charge is 2.39. The van der Waals surface area contributed by atoms with E-state index in [0.717, 1.165) is 19.3 Å². The smallest absolute Gasteiger partial charge is 0.309 e. The third-order valence-electron chi connectivity index (χ3n) is 3.97. The maximum atomic E-state index is 11.9. The fraction of sp³-hybridized carbons (Fsp3) is 0.400. The lowest BCUT2D eigenvalue weighted by molar-refractivity contribution is -0.146. The van der Waals surface area contributed by atoms with Gasteiger partial charge >= 0.3 is 5.97 Å². The van der Waals surface area contributed by atoms with Crippen LogP contribution in [0.25, 0.3) is 0 Å². The van der Waals surface area contributed by atoms with Gasteiger partial charge in [-0.25, -0.2) is 0 Å². The molecule has 3 rings (SSSR count). The molecule has 0 heterocycles. The van der Waals surface area contributed by atoms with E-state index in [4.69, 9.17) is 4.74 Å². The molecule has 2 nitrogen and oxygen atoms in total. The van der Waals surface area contributed by atoms with E-state index in [-0.39, 0.29) is 17.8 Å². The molecule has 0 spiro atoms. The van der Waals surface area contributed by atoms with Gasteiger partial charge in [0.15, 0.2) is 0 Å². The van der Waals surface area contributed by atoms with Crippen molar-refractivity contribution in [3.8, 4) is 0 Å². The van der Waals surface area contributed by atoms with E-state index in [1.54, 1.807) is 0 Å². The Kier molecular flexibility index (Phi) is 2.50. The minimum absolute atomic E-state index is 0.0173. The quantitative estimate of drug-likeness (QED) is 0.545. The third-order valence-corrected chi connectivity index (χ3v) is 3.97. The molecule has 1 unspecified atom stereocenters. The Balaban J connectivity index is 2.04. The average Bonchev–Trinajstić information content (AvgIpc) is 2.76. The highest BCUT2D eigenvalue weighted by molar-refractivity contribution is 5.75. The van der Waals surface area contributed by atoms with Gasteiger partial charge < -0.3 is 4.74 Å². The van der Waals surface area contributed by atoms with Gasteiger partial charge in [-0.1, -0.05) is 35.9 Å². The van der Waals surface area contributed by atoms with Gasteiger partial charge in [0.25, 0.3) is 0 Å². The van der Waals surface area contributed by atoms with Crippen LogP contribution in [0.1, 0.15) is 29.9 Å².